The molecule has 5 nitrogen and oxygen atoms in total. The average Bonchev–Trinajstić information content (AvgIpc) is 3.33. The smallest absolute Gasteiger partial charge is 0.274 e. The number of fused-ring (bicyclic) bond motifs is 1. The molecule has 5 rings (SSSR count). The van der Waals surface area contributed by atoms with Crippen molar-refractivity contribution in [3.05, 3.63) is 75.9 Å². The summed E-state index contributed by atoms with van der Waals surface area (Å²) in [7, 11) is 0. The zero-order valence-electron chi connectivity index (χ0n) is 19.3. The molecule has 0 bridgehead atoms. The Morgan fingerprint density at radius 2 is 1.94 bits per heavy atom. The molecular formula is C27H29N3O2S. The molecule has 1 saturated carbocycles. The molecule has 3 atom stereocenters. The second-order valence-electron chi connectivity index (χ2n) is 9.23. The quantitative estimate of drug-likeness (QED) is 0.571. The molecule has 1 saturated heterocycles. The zero-order chi connectivity index (χ0) is 23.1. The molecule has 1 N–H and O–H groups in total. The van der Waals surface area contributed by atoms with Crippen molar-refractivity contribution in [2.75, 3.05) is 13.1 Å². The molecule has 2 aromatic carbocycles. The van der Waals surface area contributed by atoms with Crippen LogP contribution < -0.4 is 5.32 Å². The van der Waals surface area contributed by atoms with E-state index in [9.17, 15) is 9.59 Å². The number of hydrogen-bond acceptors (Lipinski definition) is 4. The van der Waals surface area contributed by atoms with E-state index in [1.54, 1.807) is 11.3 Å². The maximum Gasteiger partial charge on any atom is 0.274 e. The Labute approximate surface area is 198 Å². The number of piperidine rings is 1. The lowest BCUT2D eigenvalue weighted by molar-refractivity contribution is 0.0690. The summed E-state index contributed by atoms with van der Waals surface area (Å²) in [6.07, 6.45) is 2.08. The fourth-order valence-electron chi connectivity index (χ4n) is 4.95. The highest BCUT2D eigenvalue weighted by Gasteiger charge is 2.54. The van der Waals surface area contributed by atoms with Gasteiger partial charge in [-0.2, -0.15) is 0 Å². The number of benzene rings is 2. The topological polar surface area (TPSA) is 62.3 Å². The van der Waals surface area contributed by atoms with Crippen LogP contribution in [0.25, 0.3) is 10.4 Å². The summed E-state index contributed by atoms with van der Waals surface area (Å²) in [5.41, 5.74) is 4.60. The molecule has 0 spiro atoms. The third kappa shape index (κ3) is 4.32. The molecule has 0 radical (unpaired) electrons. The Hall–Kier alpha value is -2.99. The first-order chi connectivity index (χ1) is 15.9. The van der Waals surface area contributed by atoms with Crippen molar-refractivity contribution in [1.29, 1.82) is 0 Å². The van der Waals surface area contributed by atoms with Gasteiger partial charge in [0.1, 0.15) is 5.69 Å². The molecule has 170 valence electrons. The summed E-state index contributed by atoms with van der Waals surface area (Å²) in [6, 6.07) is 16.0. The van der Waals surface area contributed by atoms with Crippen LogP contribution in [0, 0.1) is 25.7 Å². The Morgan fingerprint density at radius 3 is 2.67 bits per heavy atom. The second-order valence-corrected chi connectivity index (χ2v) is 10.4. The van der Waals surface area contributed by atoms with Gasteiger partial charge in [0.2, 0.25) is 0 Å². The van der Waals surface area contributed by atoms with Crippen LogP contribution in [-0.4, -0.2) is 40.8 Å². The molecule has 33 heavy (non-hydrogen) atoms. The van der Waals surface area contributed by atoms with Crippen LogP contribution in [0.1, 0.15) is 50.3 Å². The van der Waals surface area contributed by atoms with Crippen LogP contribution in [0.2, 0.25) is 0 Å². The molecule has 2 heterocycles. The van der Waals surface area contributed by atoms with Crippen molar-refractivity contribution in [3.63, 3.8) is 0 Å². The van der Waals surface area contributed by atoms with Gasteiger partial charge in [-0.1, -0.05) is 48.9 Å². The van der Waals surface area contributed by atoms with Crippen LogP contribution in [0.15, 0.2) is 48.5 Å². The van der Waals surface area contributed by atoms with Gasteiger partial charge in [0, 0.05) is 18.7 Å². The van der Waals surface area contributed by atoms with Gasteiger partial charge in [0.25, 0.3) is 11.8 Å². The first-order valence-corrected chi connectivity index (χ1v) is 12.5. The highest BCUT2D eigenvalue weighted by atomic mass is 32.1. The van der Waals surface area contributed by atoms with E-state index in [1.165, 1.54) is 5.56 Å². The van der Waals surface area contributed by atoms with Crippen molar-refractivity contribution in [3.8, 4) is 10.4 Å². The molecule has 2 aliphatic rings. The number of hydrogen-bond donors (Lipinski definition) is 1. The fourth-order valence-corrected chi connectivity index (χ4v) is 5.85. The van der Waals surface area contributed by atoms with Crippen molar-refractivity contribution in [1.82, 2.24) is 15.2 Å². The number of aryl methyl sites for hydroxylation is 3. The number of amides is 2. The molecule has 3 aromatic rings. The minimum atomic E-state index is -0.0842. The lowest BCUT2D eigenvalue weighted by Gasteiger charge is -2.27. The van der Waals surface area contributed by atoms with E-state index in [2.05, 4.69) is 36.3 Å². The summed E-state index contributed by atoms with van der Waals surface area (Å²) >= 11 is 1.57. The molecule has 1 unspecified atom stereocenters. The van der Waals surface area contributed by atoms with Gasteiger partial charge in [0.05, 0.1) is 15.9 Å². The van der Waals surface area contributed by atoms with Gasteiger partial charge in [-0.25, -0.2) is 4.98 Å². The number of nitrogens with one attached hydrogen (secondary N) is 1. The SMILES string of the molecule is CCc1ccc(C(=O)NC[C@@H]2C3C[C@H]3CN2C(=O)c2nc(C)sc2-c2cccc(C)c2)cc1. The summed E-state index contributed by atoms with van der Waals surface area (Å²) < 4.78 is 0. The second kappa shape index (κ2) is 8.75. The average molecular weight is 460 g/mol. The minimum Gasteiger partial charge on any atom is -0.350 e. The molecule has 2 amide bonds. The van der Waals surface area contributed by atoms with Crippen molar-refractivity contribution in [2.45, 2.75) is 39.7 Å². The fraction of sp³-hybridized carbons (Fsp3) is 0.370. The largest absolute Gasteiger partial charge is 0.350 e. The lowest BCUT2D eigenvalue weighted by atomic mass is 10.1. The monoisotopic (exact) mass is 459 g/mol. The van der Waals surface area contributed by atoms with Gasteiger partial charge in [-0.05, 0) is 61.8 Å². The highest BCUT2D eigenvalue weighted by molar-refractivity contribution is 7.15. The molecular weight excluding hydrogens is 430 g/mol. The predicted molar refractivity (Wildman–Crippen MR) is 132 cm³/mol. The van der Waals surface area contributed by atoms with Crippen LogP contribution in [0.4, 0.5) is 0 Å². The predicted octanol–water partition coefficient (Wildman–Crippen LogP) is 4.88. The van der Waals surface area contributed by atoms with E-state index in [1.807, 2.05) is 48.2 Å². The van der Waals surface area contributed by atoms with Gasteiger partial charge >= 0.3 is 0 Å². The third-order valence-electron chi connectivity index (χ3n) is 6.88. The van der Waals surface area contributed by atoms with Crippen LogP contribution in [0.3, 0.4) is 0 Å². The normalized spacial score (nSPS) is 21.1. The number of carbonyl (C=O) groups excluding carboxylic acids is 2. The lowest BCUT2D eigenvalue weighted by Crippen LogP contribution is -2.45. The van der Waals surface area contributed by atoms with E-state index in [4.69, 9.17) is 0 Å². The Bertz CT molecular complexity index is 1200. The number of aromatic nitrogens is 1. The van der Waals surface area contributed by atoms with Crippen molar-refractivity contribution >= 4 is 23.2 Å². The number of nitrogens with zero attached hydrogens (tertiary/aromatic N) is 2. The number of carbonyl (C=O) groups is 2. The van der Waals surface area contributed by atoms with Crippen molar-refractivity contribution < 1.29 is 9.59 Å². The minimum absolute atomic E-state index is 0.0189. The first kappa shape index (κ1) is 21.8. The van der Waals surface area contributed by atoms with Gasteiger partial charge in [0.15, 0.2) is 0 Å². The van der Waals surface area contributed by atoms with Crippen molar-refractivity contribution in [2.24, 2.45) is 11.8 Å². The standard InChI is InChI=1S/C27H29N3O2S/c1-4-18-8-10-19(11-9-18)26(31)28-14-23-22-13-21(22)15-30(23)27(32)24-25(33-17(3)29-24)20-7-5-6-16(2)12-20/h5-12,21-23H,4,13-15H2,1-3H3,(H,28,31)/t21-,22?,23+/m0/s1. The highest BCUT2D eigenvalue weighted by Crippen LogP contribution is 2.50. The Balaban J connectivity index is 1.33. The molecule has 6 heteroatoms. The summed E-state index contributed by atoms with van der Waals surface area (Å²) in [4.78, 5) is 33.9. The summed E-state index contributed by atoms with van der Waals surface area (Å²) in [5.74, 6) is 0.912. The van der Waals surface area contributed by atoms with Gasteiger partial charge in [-0.3, -0.25) is 9.59 Å². The first-order valence-electron chi connectivity index (χ1n) is 11.7. The zero-order valence-corrected chi connectivity index (χ0v) is 20.1. The van der Waals surface area contributed by atoms with E-state index < -0.39 is 0 Å². The summed E-state index contributed by atoms with van der Waals surface area (Å²) in [6.45, 7) is 7.33. The van der Waals surface area contributed by atoms with Gasteiger partial charge in [-0.15, -0.1) is 11.3 Å². The number of likely N-dealkylation sites (tertiary alicyclic amines) is 1. The van der Waals surface area contributed by atoms with E-state index >= 15 is 0 Å². The summed E-state index contributed by atoms with van der Waals surface area (Å²) in [5, 5.41) is 3.97. The Kier molecular flexibility index (Phi) is 5.79. The van der Waals surface area contributed by atoms with Crippen LogP contribution in [-0.2, 0) is 6.42 Å². The number of thiazole rings is 1. The van der Waals surface area contributed by atoms with Crippen LogP contribution in [0.5, 0.6) is 0 Å². The molecule has 1 aliphatic heterocycles. The maximum atomic E-state index is 13.7. The Morgan fingerprint density at radius 1 is 1.15 bits per heavy atom. The van der Waals surface area contributed by atoms with E-state index in [0.29, 0.717) is 29.6 Å². The third-order valence-corrected chi connectivity index (χ3v) is 7.90. The number of rotatable bonds is 6. The molecule has 1 aliphatic carbocycles. The molecule has 1 aromatic heterocycles. The molecule has 2 fully saturated rings. The van der Waals surface area contributed by atoms with E-state index in [0.717, 1.165) is 40.4 Å². The van der Waals surface area contributed by atoms with E-state index in [-0.39, 0.29) is 17.9 Å². The maximum absolute atomic E-state index is 13.7. The van der Waals surface area contributed by atoms with Gasteiger partial charge < -0.3 is 10.2 Å². The van der Waals surface area contributed by atoms with Crippen LogP contribution >= 0.6 is 11.3 Å².